The van der Waals surface area contributed by atoms with Crippen LogP contribution in [0.15, 0.2) is 24.3 Å². The fourth-order valence-corrected chi connectivity index (χ4v) is 5.83. The number of carbonyl (C=O) groups excluding carboxylic acids is 3. The molecule has 0 radical (unpaired) electrons. The van der Waals surface area contributed by atoms with Gasteiger partial charge in [0, 0.05) is 19.3 Å². The van der Waals surface area contributed by atoms with E-state index in [-0.39, 0.29) is 31.1 Å². The fourth-order valence-electron chi connectivity index (χ4n) is 5.83. The minimum Gasteiger partial charge on any atom is -0.462 e. The smallest absolute Gasteiger partial charge is 0.306 e. The van der Waals surface area contributed by atoms with E-state index in [0.717, 1.165) is 70.6 Å². The maximum Gasteiger partial charge on any atom is 0.306 e. The first kappa shape index (κ1) is 46.9. The third kappa shape index (κ3) is 37.0. The zero-order valence-electron chi connectivity index (χ0n) is 32.5. The van der Waals surface area contributed by atoms with Gasteiger partial charge in [-0.05, 0) is 44.9 Å². The Labute approximate surface area is 303 Å². The number of hydrogen-bond donors (Lipinski definition) is 0. The van der Waals surface area contributed by atoms with Gasteiger partial charge in [0.1, 0.15) is 13.2 Å². The molecule has 1 atom stereocenters. The second-order valence-corrected chi connectivity index (χ2v) is 13.9. The van der Waals surface area contributed by atoms with Crippen molar-refractivity contribution in [2.24, 2.45) is 0 Å². The maximum atomic E-state index is 12.6. The van der Waals surface area contributed by atoms with Crippen molar-refractivity contribution < 1.29 is 28.6 Å². The molecule has 0 amide bonds. The predicted molar refractivity (Wildman–Crippen MR) is 206 cm³/mol. The molecule has 0 saturated heterocycles. The summed E-state index contributed by atoms with van der Waals surface area (Å²) < 4.78 is 16.6. The number of hydrogen-bond acceptors (Lipinski definition) is 6. The molecule has 0 aromatic rings. The third-order valence-electron chi connectivity index (χ3n) is 8.97. The van der Waals surface area contributed by atoms with Crippen molar-refractivity contribution in [2.75, 3.05) is 13.2 Å². The quantitative estimate of drug-likeness (QED) is 0.0279. The Morgan fingerprint density at radius 3 is 1.22 bits per heavy atom. The second kappa shape index (κ2) is 38.7. The van der Waals surface area contributed by atoms with E-state index in [4.69, 9.17) is 14.2 Å². The Kier molecular flexibility index (Phi) is 37.0. The highest BCUT2D eigenvalue weighted by atomic mass is 16.6. The second-order valence-electron chi connectivity index (χ2n) is 13.9. The standard InChI is InChI=1S/C43H78O6/c1-4-7-10-13-16-19-20-21-22-25-27-30-33-36-42(45)48-39-40(49-43(46)37-34-31-28-24-18-15-12-9-6-3)38-47-41(44)35-32-29-26-23-17-14-11-8-5-2/h9,12,18,24,40H,4-8,10-11,13-17,19-23,25-39H2,1-3H3/b12-9-,24-18-. The Morgan fingerprint density at radius 2 is 0.796 bits per heavy atom. The summed E-state index contributed by atoms with van der Waals surface area (Å²) in [4.78, 5) is 37.4. The Hall–Kier alpha value is -2.11. The summed E-state index contributed by atoms with van der Waals surface area (Å²) in [5.41, 5.74) is 0. The van der Waals surface area contributed by atoms with E-state index >= 15 is 0 Å². The molecule has 0 aliphatic carbocycles. The van der Waals surface area contributed by atoms with Gasteiger partial charge < -0.3 is 14.2 Å². The molecule has 0 heterocycles. The zero-order valence-corrected chi connectivity index (χ0v) is 32.5. The molecule has 0 saturated carbocycles. The van der Waals surface area contributed by atoms with Gasteiger partial charge in [0.25, 0.3) is 0 Å². The first-order chi connectivity index (χ1) is 24.0. The van der Waals surface area contributed by atoms with Gasteiger partial charge in [-0.1, -0.05) is 173 Å². The lowest BCUT2D eigenvalue weighted by molar-refractivity contribution is -0.167. The number of rotatable bonds is 37. The molecule has 0 aliphatic heterocycles. The van der Waals surface area contributed by atoms with Crippen molar-refractivity contribution in [1.82, 2.24) is 0 Å². The molecule has 49 heavy (non-hydrogen) atoms. The molecule has 286 valence electrons. The number of carbonyl (C=O) groups is 3. The molecule has 6 nitrogen and oxygen atoms in total. The van der Waals surface area contributed by atoms with Crippen molar-refractivity contribution in [3.05, 3.63) is 24.3 Å². The molecule has 0 N–H and O–H groups in total. The van der Waals surface area contributed by atoms with Crippen LogP contribution in [0.4, 0.5) is 0 Å². The van der Waals surface area contributed by atoms with Crippen LogP contribution in [0.3, 0.4) is 0 Å². The third-order valence-corrected chi connectivity index (χ3v) is 8.97. The summed E-state index contributed by atoms with van der Waals surface area (Å²) in [5, 5.41) is 0. The van der Waals surface area contributed by atoms with Gasteiger partial charge in [-0.3, -0.25) is 14.4 Å². The van der Waals surface area contributed by atoms with Gasteiger partial charge in [0.05, 0.1) is 0 Å². The van der Waals surface area contributed by atoms with Crippen LogP contribution < -0.4 is 0 Å². The van der Waals surface area contributed by atoms with Crippen molar-refractivity contribution >= 4 is 17.9 Å². The van der Waals surface area contributed by atoms with E-state index in [2.05, 4.69) is 45.1 Å². The Balaban J connectivity index is 4.35. The molecule has 0 aromatic carbocycles. The molecule has 0 spiro atoms. The van der Waals surface area contributed by atoms with Gasteiger partial charge in [0.15, 0.2) is 6.10 Å². The number of unbranched alkanes of at least 4 members (excludes halogenated alkanes) is 22. The van der Waals surface area contributed by atoms with Crippen LogP contribution >= 0.6 is 0 Å². The van der Waals surface area contributed by atoms with Crippen LogP contribution in [-0.4, -0.2) is 37.2 Å². The Morgan fingerprint density at radius 1 is 0.429 bits per heavy atom. The van der Waals surface area contributed by atoms with Crippen LogP contribution in [0.25, 0.3) is 0 Å². The number of allylic oxidation sites excluding steroid dienone is 4. The topological polar surface area (TPSA) is 78.9 Å². The largest absolute Gasteiger partial charge is 0.462 e. The average molecular weight is 691 g/mol. The summed E-state index contributed by atoms with van der Waals surface area (Å²) >= 11 is 0. The summed E-state index contributed by atoms with van der Waals surface area (Å²) in [6.45, 7) is 6.45. The van der Waals surface area contributed by atoms with Gasteiger partial charge in [-0.15, -0.1) is 0 Å². The first-order valence-corrected chi connectivity index (χ1v) is 20.8. The summed E-state index contributed by atoms with van der Waals surface area (Å²) in [6, 6.07) is 0. The molecule has 0 aliphatic rings. The molecule has 0 rings (SSSR count). The minimum atomic E-state index is -0.777. The molecule has 6 heteroatoms. The number of ether oxygens (including phenoxy) is 3. The van der Waals surface area contributed by atoms with Crippen LogP contribution in [0, 0.1) is 0 Å². The predicted octanol–water partition coefficient (Wildman–Crippen LogP) is 12.9. The highest BCUT2D eigenvalue weighted by Crippen LogP contribution is 2.14. The first-order valence-electron chi connectivity index (χ1n) is 20.8. The summed E-state index contributed by atoms with van der Waals surface area (Å²) in [6.07, 6.45) is 40.3. The monoisotopic (exact) mass is 691 g/mol. The van der Waals surface area contributed by atoms with Crippen LogP contribution in [0.1, 0.15) is 213 Å². The van der Waals surface area contributed by atoms with Gasteiger partial charge >= 0.3 is 17.9 Å². The average Bonchev–Trinajstić information content (AvgIpc) is 3.10. The zero-order chi connectivity index (χ0) is 35.9. The van der Waals surface area contributed by atoms with E-state index in [1.165, 1.54) is 103 Å². The van der Waals surface area contributed by atoms with Gasteiger partial charge in [0.2, 0.25) is 0 Å². The lowest BCUT2D eigenvalue weighted by atomic mass is 10.0. The summed E-state index contributed by atoms with van der Waals surface area (Å²) in [7, 11) is 0. The normalized spacial score (nSPS) is 12.1. The van der Waals surface area contributed by atoms with Gasteiger partial charge in [-0.25, -0.2) is 0 Å². The van der Waals surface area contributed by atoms with Crippen molar-refractivity contribution in [3.63, 3.8) is 0 Å². The van der Waals surface area contributed by atoms with Crippen molar-refractivity contribution in [3.8, 4) is 0 Å². The fraction of sp³-hybridized carbons (Fsp3) is 0.837. The van der Waals surface area contributed by atoms with Gasteiger partial charge in [-0.2, -0.15) is 0 Å². The molecule has 0 fully saturated rings. The number of esters is 3. The van der Waals surface area contributed by atoms with E-state index < -0.39 is 6.10 Å². The van der Waals surface area contributed by atoms with E-state index in [1.54, 1.807) is 0 Å². The molecule has 0 bridgehead atoms. The Bertz CT molecular complexity index is 804. The van der Waals surface area contributed by atoms with Crippen molar-refractivity contribution in [1.29, 1.82) is 0 Å². The maximum absolute atomic E-state index is 12.6. The molecular formula is C43H78O6. The summed E-state index contributed by atoms with van der Waals surface area (Å²) in [5.74, 6) is -0.920. The highest BCUT2D eigenvalue weighted by molar-refractivity contribution is 5.71. The highest BCUT2D eigenvalue weighted by Gasteiger charge is 2.19. The van der Waals surface area contributed by atoms with E-state index in [1.807, 2.05) is 0 Å². The van der Waals surface area contributed by atoms with Crippen molar-refractivity contribution in [2.45, 2.75) is 219 Å². The lowest BCUT2D eigenvalue weighted by Gasteiger charge is -2.18. The molecular weight excluding hydrogens is 612 g/mol. The van der Waals surface area contributed by atoms with Crippen LogP contribution in [-0.2, 0) is 28.6 Å². The lowest BCUT2D eigenvalue weighted by Crippen LogP contribution is -2.30. The van der Waals surface area contributed by atoms with Crippen LogP contribution in [0.5, 0.6) is 0 Å². The van der Waals surface area contributed by atoms with E-state index in [9.17, 15) is 14.4 Å². The SMILES string of the molecule is CC/C=C\C/C=C\CCCCC(=O)OC(COC(=O)CCCCCCCCCCC)COC(=O)CCCCCCCCCCCCCCC. The van der Waals surface area contributed by atoms with E-state index in [0.29, 0.717) is 19.3 Å². The van der Waals surface area contributed by atoms with Crippen LogP contribution in [0.2, 0.25) is 0 Å². The minimum absolute atomic E-state index is 0.0810. The molecule has 1 unspecified atom stereocenters. The molecule has 0 aromatic heterocycles.